The number of esters is 2. The third kappa shape index (κ3) is 5.06. The monoisotopic (exact) mass is 364 g/mol. The van der Waals surface area contributed by atoms with Crippen LogP contribution in [0.15, 0.2) is 12.2 Å². The van der Waals surface area contributed by atoms with Crippen molar-refractivity contribution in [1.82, 2.24) is 0 Å². The van der Waals surface area contributed by atoms with Gasteiger partial charge in [-0.15, -0.1) is 0 Å². The Hall–Kier alpha value is -1.86. The fraction of sp³-hybridized carbons (Fsp3) is 0.706. The first-order chi connectivity index (χ1) is 11.4. The van der Waals surface area contributed by atoms with Gasteiger partial charge in [0, 0.05) is 6.08 Å². The number of Topliss-reactive ketones (excluding diaryl/α,β-unsaturated/α-hetero) is 1. The highest BCUT2D eigenvalue weighted by molar-refractivity contribution is 5.96. The Kier molecular flexibility index (Phi) is 6.42. The highest BCUT2D eigenvalue weighted by Crippen LogP contribution is 2.65. The van der Waals surface area contributed by atoms with Crippen LogP contribution < -0.4 is 0 Å². The quantitative estimate of drug-likeness (QED) is 0.489. The lowest BCUT2D eigenvalue weighted by atomic mass is 9.79. The van der Waals surface area contributed by atoms with Crippen molar-refractivity contribution >= 4 is 17.7 Å². The fourth-order valence-electron chi connectivity index (χ4n) is 3.15. The molecule has 0 radical (unpaired) electrons. The first-order valence-corrected chi connectivity index (χ1v) is 8.04. The van der Waals surface area contributed by atoms with Gasteiger partial charge in [0.25, 0.3) is 0 Å². The molecule has 8 heteroatoms. The van der Waals surface area contributed by atoms with Crippen LogP contribution in [-0.2, 0) is 23.9 Å². The van der Waals surface area contributed by atoms with Crippen LogP contribution in [0.5, 0.6) is 0 Å². The van der Waals surface area contributed by atoms with E-state index in [2.05, 4.69) is 0 Å². The molecule has 1 fully saturated rings. The molecule has 0 bridgehead atoms. The van der Waals surface area contributed by atoms with Crippen LogP contribution >= 0.6 is 0 Å². The van der Waals surface area contributed by atoms with Crippen molar-refractivity contribution in [2.24, 2.45) is 16.7 Å². The van der Waals surface area contributed by atoms with E-state index in [1.54, 1.807) is 20.8 Å². The molecular weight excluding hydrogens is 341 g/mol. The molecule has 0 N–H and O–H groups in total. The molecule has 5 nitrogen and oxygen atoms in total. The molecule has 142 valence electrons. The van der Waals surface area contributed by atoms with Gasteiger partial charge in [-0.2, -0.15) is 13.2 Å². The van der Waals surface area contributed by atoms with Gasteiger partial charge in [0.15, 0.2) is 0 Å². The molecule has 0 heterocycles. The van der Waals surface area contributed by atoms with Crippen LogP contribution in [0.3, 0.4) is 0 Å². The number of allylic oxidation sites excluding steroid dienone is 1. The van der Waals surface area contributed by atoms with Gasteiger partial charge < -0.3 is 9.47 Å². The first-order valence-electron chi connectivity index (χ1n) is 8.04. The van der Waals surface area contributed by atoms with Gasteiger partial charge in [-0.3, -0.25) is 9.59 Å². The minimum absolute atomic E-state index is 0.0198. The van der Waals surface area contributed by atoms with E-state index in [9.17, 15) is 27.6 Å². The molecule has 0 amide bonds. The summed E-state index contributed by atoms with van der Waals surface area (Å²) in [6.45, 7) is 6.59. The second kappa shape index (κ2) is 7.58. The molecule has 0 saturated heterocycles. The van der Waals surface area contributed by atoms with E-state index in [0.29, 0.717) is 0 Å². The Morgan fingerprint density at radius 2 is 1.68 bits per heavy atom. The molecule has 0 spiro atoms. The van der Waals surface area contributed by atoms with Crippen LogP contribution in [0.2, 0.25) is 0 Å². The third-order valence-corrected chi connectivity index (χ3v) is 4.38. The van der Waals surface area contributed by atoms with Crippen LogP contribution in [0.4, 0.5) is 13.2 Å². The van der Waals surface area contributed by atoms with Crippen LogP contribution in [0, 0.1) is 16.7 Å². The van der Waals surface area contributed by atoms with Gasteiger partial charge >= 0.3 is 18.1 Å². The Morgan fingerprint density at radius 1 is 1.12 bits per heavy atom. The maximum Gasteiger partial charge on any atom is 0.450 e. The van der Waals surface area contributed by atoms with E-state index in [1.165, 1.54) is 13.0 Å². The zero-order chi connectivity index (χ0) is 19.5. The van der Waals surface area contributed by atoms with Crippen LogP contribution in [-0.4, -0.2) is 37.1 Å². The van der Waals surface area contributed by atoms with Crippen molar-refractivity contribution in [2.45, 2.75) is 46.7 Å². The molecule has 0 aromatic rings. The molecule has 1 rings (SSSR count). The number of alkyl halides is 3. The van der Waals surface area contributed by atoms with Crippen molar-refractivity contribution in [3.05, 3.63) is 12.2 Å². The van der Waals surface area contributed by atoms with Crippen molar-refractivity contribution < 1.29 is 37.0 Å². The largest absolute Gasteiger partial charge is 0.466 e. The van der Waals surface area contributed by atoms with Crippen molar-refractivity contribution in [1.29, 1.82) is 0 Å². The van der Waals surface area contributed by atoms with E-state index in [4.69, 9.17) is 9.47 Å². The van der Waals surface area contributed by atoms with Gasteiger partial charge in [0.05, 0.1) is 25.0 Å². The topological polar surface area (TPSA) is 69.7 Å². The average molecular weight is 364 g/mol. The zero-order valence-electron chi connectivity index (χ0n) is 14.7. The SMILES string of the molecule is CCOC(=O)/C=C/C(C)(C)C1CC1(CC(=O)OCC)C(=O)C(F)(F)F. The predicted octanol–water partition coefficient (Wildman–Crippen LogP) is 3.22. The number of carbonyl (C=O) groups excluding carboxylic acids is 3. The van der Waals surface area contributed by atoms with Gasteiger partial charge in [0.2, 0.25) is 5.78 Å². The molecular formula is C17H23F3O5. The Labute approximate surface area is 144 Å². The van der Waals surface area contributed by atoms with Gasteiger partial charge in [-0.05, 0) is 31.6 Å². The molecule has 0 aromatic carbocycles. The smallest absolute Gasteiger partial charge is 0.450 e. The molecule has 2 unspecified atom stereocenters. The Balaban J connectivity index is 3.04. The maximum absolute atomic E-state index is 13.0. The summed E-state index contributed by atoms with van der Waals surface area (Å²) in [6, 6.07) is 0. The maximum atomic E-state index is 13.0. The van der Waals surface area contributed by atoms with E-state index < -0.39 is 47.1 Å². The van der Waals surface area contributed by atoms with E-state index >= 15 is 0 Å². The number of halogens is 3. The summed E-state index contributed by atoms with van der Waals surface area (Å²) < 4.78 is 48.5. The van der Waals surface area contributed by atoms with Gasteiger partial charge in [0.1, 0.15) is 0 Å². The minimum Gasteiger partial charge on any atom is -0.466 e. The second-order valence-corrected chi connectivity index (χ2v) is 6.63. The van der Waals surface area contributed by atoms with Gasteiger partial charge in [-0.1, -0.05) is 19.9 Å². The number of ether oxygens (including phenoxy) is 2. The number of ketones is 1. The number of hydrogen-bond donors (Lipinski definition) is 0. The second-order valence-electron chi connectivity index (χ2n) is 6.63. The Morgan fingerprint density at radius 3 is 2.16 bits per heavy atom. The Bertz CT molecular complexity index is 565. The molecule has 2 atom stereocenters. The van der Waals surface area contributed by atoms with E-state index in [1.807, 2.05) is 0 Å². The standard InChI is InChI=1S/C17H23F3O5/c1-5-24-12(21)7-8-15(3,4)11-9-16(11,10-13(22)25-6-2)14(23)17(18,19)20/h7-8,11H,5-6,9-10H2,1-4H3/b8-7+. The predicted molar refractivity (Wildman–Crippen MR) is 82.4 cm³/mol. The van der Waals surface area contributed by atoms with Crippen molar-refractivity contribution in [2.75, 3.05) is 13.2 Å². The zero-order valence-corrected chi connectivity index (χ0v) is 14.7. The minimum atomic E-state index is -5.04. The van der Waals surface area contributed by atoms with Crippen molar-refractivity contribution in [3.8, 4) is 0 Å². The van der Waals surface area contributed by atoms with Crippen LogP contribution in [0.25, 0.3) is 0 Å². The van der Waals surface area contributed by atoms with Crippen molar-refractivity contribution in [3.63, 3.8) is 0 Å². The molecule has 1 saturated carbocycles. The summed E-state index contributed by atoms with van der Waals surface area (Å²) in [7, 11) is 0. The summed E-state index contributed by atoms with van der Waals surface area (Å²) in [5.41, 5.74) is -2.74. The molecule has 0 aromatic heterocycles. The van der Waals surface area contributed by atoms with Crippen LogP contribution in [0.1, 0.15) is 40.5 Å². The lowest BCUT2D eigenvalue weighted by molar-refractivity contribution is -0.180. The molecule has 25 heavy (non-hydrogen) atoms. The lowest BCUT2D eigenvalue weighted by Crippen LogP contribution is -2.37. The summed E-state index contributed by atoms with van der Waals surface area (Å²) in [6.07, 6.45) is -3.20. The summed E-state index contributed by atoms with van der Waals surface area (Å²) in [4.78, 5) is 35.1. The lowest BCUT2D eigenvalue weighted by Gasteiger charge is -2.25. The number of hydrogen-bond acceptors (Lipinski definition) is 5. The van der Waals surface area contributed by atoms with E-state index in [0.717, 1.165) is 6.08 Å². The van der Waals surface area contributed by atoms with Gasteiger partial charge in [-0.25, -0.2) is 4.79 Å². The molecule has 1 aliphatic carbocycles. The fourth-order valence-corrected chi connectivity index (χ4v) is 3.15. The van der Waals surface area contributed by atoms with E-state index in [-0.39, 0.29) is 19.6 Å². The number of carbonyl (C=O) groups is 3. The third-order valence-electron chi connectivity index (χ3n) is 4.38. The highest BCUT2D eigenvalue weighted by Gasteiger charge is 2.70. The summed E-state index contributed by atoms with van der Waals surface area (Å²) in [5, 5.41) is 0. The summed E-state index contributed by atoms with van der Waals surface area (Å²) >= 11 is 0. The normalized spacial score (nSPS) is 23.4. The average Bonchev–Trinajstić information content (AvgIpc) is 3.20. The first kappa shape index (κ1) is 21.2. The number of rotatable bonds is 8. The highest BCUT2D eigenvalue weighted by atomic mass is 19.4. The summed E-state index contributed by atoms with van der Waals surface area (Å²) in [5.74, 6) is -4.11. The molecule has 0 aliphatic heterocycles. The molecule has 1 aliphatic rings.